The van der Waals surface area contributed by atoms with E-state index >= 15 is 0 Å². The van der Waals surface area contributed by atoms with Gasteiger partial charge in [-0.15, -0.1) is 5.10 Å². The highest BCUT2D eigenvalue weighted by Gasteiger charge is 2.29. The summed E-state index contributed by atoms with van der Waals surface area (Å²) < 4.78 is 12.4. The molecule has 0 aliphatic carbocycles. The van der Waals surface area contributed by atoms with Crippen LogP contribution in [-0.4, -0.2) is 72.1 Å². The minimum Gasteiger partial charge on any atom is -0.497 e. The molecule has 8 heteroatoms. The first-order chi connectivity index (χ1) is 13.6. The number of anilines is 1. The van der Waals surface area contributed by atoms with E-state index in [4.69, 9.17) is 9.47 Å². The van der Waals surface area contributed by atoms with Crippen molar-refractivity contribution in [3.05, 3.63) is 30.1 Å². The first kappa shape index (κ1) is 20.5. The van der Waals surface area contributed by atoms with Crippen molar-refractivity contribution < 1.29 is 9.47 Å². The van der Waals surface area contributed by atoms with Crippen LogP contribution in [-0.2, 0) is 11.3 Å². The second kappa shape index (κ2) is 9.84. The monoisotopic (exact) mass is 388 g/mol. The van der Waals surface area contributed by atoms with Gasteiger partial charge in [0.15, 0.2) is 5.82 Å². The molecule has 1 fully saturated rings. The first-order valence-corrected chi connectivity index (χ1v) is 10.0. The Morgan fingerprint density at radius 3 is 2.36 bits per heavy atom. The number of aromatic nitrogens is 4. The molecule has 0 spiro atoms. The minimum absolute atomic E-state index is 0.227. The molecule has 1 saturated heterocycles. The molecule has 28 heavy (non-hydrogen) atoms. The van der Waals surface area contributed by atoms with Gasteiger partial charge in [0.25, 0.3) is 0 Å². The van der Waals surface area contributed by atoms with Gasteiger partial charge in [-0.3, -0.25) is 4.90 Å². The fraction of sp³-hybridized carbons (Fsp3) is 0.650. The van der Waals surface area contributed by atoms with Crippen LogP contribution in [0.15, 0.2) is 24.3 Å². The average molecular weight is 389 g/mol. The van der Waals surface area contributed by atoms with Gasteiger partial charge in [-0.05, 0) is 47.0 Å². The molecule has 2 aromatic rings. The van der Waals surface area contributed by atoms with Crippen molar-refractivity contribution in [1.29, 1.82) is 0 Å². The predicted octanol–water partition coefficient (Wildman–Crippen LogP) is 2.24. The summed E-state index contributed by atoms with van der Waals surface area (Å²) >= 11 is 0. The Morgan fingerprint density at radius 2 is 1.75 bits per heavy atom. The van der Waals surface area contributed by atoms with Crippen molar-refractivity contribution in [2.75, 3.05) is 51.9 Å². The lowest BCUT2D eigenvalue weighted by molar-refractivity contribution is 0.145. The van der Waals surface area contributed by atoms with Gasteiger partial charge in [-0.1, -0.05) is 13.8 Å². The van der Waals surface area contributed by atoms with Crippen molar-refractivity contribution in [2.24, 2.45) is 5.92 Å². The van der Waals surface area contributed by atoms with Gasteiger partial charge in [0, 0.05) is 39.0 Å². The second-order valence-electron chi connectivity index (χ2n) is 7.62. The highest BCUT2D eigenvalue weighted by molar-refractivity contribution is 5.49. The Kier molecular flexibility index (Phi) is 7.22. The number of hydrogen-bond donors (Lipinski definition) is 0. The summed E-state index contributed by atoms with van der Waals surface area (Å²) in [6.07, 6.45) is 1.04. The van der Waals surface area contributed by atoms with E-state index in [1.54, 1.807) is 14.2 Å². The molecule has 0 radical (unpaired) electrons. The lowest BCUT2D eigenvalue weighted by Gasteiger charge is -2.40. The molecule has 0 amide bonds. The maximum Gasteiger partial charge on any atom is 0.168 e. The normalized spacial score (nSPS) is 16.5. The average Bonchev–Trinajstić information content (AvgIpc) is 3.19. The molecule has 1 aliphatic rings. The molecule has 1 unspecified atom stereocenters. The third kappa shape index (κ3) is 4.99. The van der Waals surface area contributed by atoms with E-state index in [1.807, 2.05) is 16.8 Å². The van der Waals surface area contributed by atoms with E-state index in [2.05, 4.69) is 51.3 Å². The van der Waals surface area contributed by atoms with Gasteiger partial charge >= 0.3 is 0 Å². The van der Waals surface area contributed by atoms with Crippen molar-refractivity contribution in [3.8, 4) is 5.75 Å². The lowest BCUT2D eigenvalue weighted by Crippen LogP contribution is -2.48. The minimum atomic E-state index is 0.227. The Morgan fingerprint density at radius 1 is 1.04 bits per heavy atom. The zero-order valence-electron chi connectivity index (χ0n) is 17.4. The van der Waals surface area contributed by atoms with Gasteiger partial charge in [-0.25, -0.2) is 4.68 Å². The first-order valence-electron chi connectivity index (χ1n) is 10.0. The van der Waals surface area contributed by atoms with Crippen LogP contribution in [0.5, 0.6) is 5.75 Å². The fourth-order valence-corrected chi connectivity index (χ4v) is 3.74. The van der Waals surface area contributed by atoms with E-state index in [9.17, 15) is 0 Å². The SMILES string of the molecule is COCCn1nnnc1C(CC(C)C)N1CCN(c2ccc(OC)cc2)CC1. The van der Waals surface area contributed by atoms with Gasteiger partial charge in [0.2, 0.25) is 0 Å². The smallest absolute Gasteiger partial charge is 0.168 e. The lowest BCUT2D eigenvalue weighted by atomic mass is 10.0. The molecule has 1 atom stereocenters. The summed E-state index contributed by atoms with van der Waals surface area (Å²) in [6, 6.07) is 8.53. The van der Waals surface area contributed by atoms with Crippen LogP contribution >= 0.6 is 0 Å². The maximum absolute atomic E-state index is 5.27. The van der Waals surface area contributed by atoms with Crippen molar-refractivity contribution in [1.82, 2.24) is 25.1 Å². The molecule has 3 rings (SSSR count). The third-order valence-corrected chi connectivity index (χ3v) is 5.25. The number of ether oxygens (including phenoxy) is 2. The summed E-state index contributed by atoms with van der Waals surface area (Å²) in [5, 5.41) is 12.5. The molecule has 0 N–H and O–H groups in total. The van der Waals surface area contributed by atoms with Crippen molar-refractivity contribution in [3.63, 3.8) is 0 Å². The quantitative estimate of drug-likeness (QED) is 0.652. The Bertz CT molecular complexity index is 710. The maximum atomic E-state index is 5.27. The zero-order valence-corrected chi connectivity index (χ0v) is 17.4. The van der Waals surface area contributed by atoms with Crippen LogP contribution < -0.4 is 9.64 Å². The molecule has 0 bridgehead atoms. The summed E-state index contributed by atoms with van der Waals surface area (Å²) in [7, 11) is 3.40. The Balaban J connectivity index is 1.68. The molecule has 1 aromatic heterocycles. The predicted molar refractivity (Wildman–Crippen MR) is 109 cm³/mol. The van der Waals surface area contributed by atoms with Gasteiger partial charge in [0.1, 0.15) is 5.75 Å². The summed E-state index contributed by atoms with van der Waals surface area (Å²) in [5.41, 5.74) is 1.24. The summed E-state index contributed by atoms with van der Waals surface area (Å²) in [5.74, 6) is 2.41. The number of nitrogens with zero attached hydrogens (tertiary/aromatic N) is 6. The summed E-state index contributed by atoms with van der Waals surface area (Å²) in [6.45, 7) is 9.74. The zero-order chi connectivity index (χ0) is 19.9. The van der Waals surface area contributed by atoms with Crippen LogP contribution in [0.4, 0.5) is 5.69 Å². The molecule has 1 aromatic carbocycles. The van der Waals surface area contributed by atoms with Crippen LogP contribution in [0, 0.1) is 5.92 Å². The molecule has 2 heterocycles. The highest BCUT2D eigenvalue weighted by Crippen LogP contribution is 2.28. The van der Waals surface area contributed by atoms with Crippen molar-refractivity contribution >= 4 is 5.69 Å². The molecule has 0 saturated carbocycles. The number of methoxy groups -OCH3 is 2. The van der Waals surface area contributed by atoms with E-state index in [1.165, 1.54) is 5.69 Å². The van der Waals surface area contributed by atoms with E-state index in [0.29, 0.717) is 19.1 Å². The van der Waals surface area contributed by atoms with Crippen LogP contribution in [0.25, 0.3) is 0 Å². The second-order valence-corrected chi connectivity index (χ2v) is 7.62. The number of piperazine rings is 1. The largest absolute Gasteiger partial charge is 0.497 e. The summed E-state index contributed by atoms with van der Waals surface area (Å²) in [4.78, 5) is 4.95. The van der Waals surface area contributed by atoms with Gasteiger partial charge < -0.3 is 14.4 Å². The highest BCUT2D eigenvalue weighted by atomic mass is 16.5. The topological polar surface area (TPSA) is 68.5 Å². The van der Waals surface area contributed by atoms with Gasteiger partial charge in [-0.2, -0.15) is 0 Å². The molecule has 8 nitrogen and oxygen atoms in total. The van der Waals surface area contributed by atoms with E-state index in [-0.39, 0.29) is 6.04 Å². The van der Waals surface area contributed by atoms with E-state index < -0.39 is 0 Å². The van der Waals surface area contributed by atoms with Crippen LogP contribution in [0.2, 0.25) is 0 Å². The van der Waals surface area contributed by atoms with E-state index in [0.717, 1.165) is 44.2 Å². The Labute approximate surface area is 167 Å². The Hall–Kier alpha value is -2.19. The molecule has 1 aliphatic heterocycles. The third-order valence-electron chi connectivity index (χ3n) is 5.25. The number of rotatable bonds is 9. The standard InChI is InChI=1S/C20H32N6O2/c1-16(2)15-19(20-21-22-23-26(20)13-14-27-3)25-11-9-24(10-12-25)17-5-7-18(28-4)8-6-17/h5-8,16,19H,9-15H2,1-4H3. The molecule has 154 valence electrons. The number of hydrogen-bond acceptors (Lipinski definition) is 7. The molecular formula is C20H32N6O2. The number of benzene rings is 1. The number of tetrazole rings is 1. The fourth-order valence-electron chi connectivity index (χ4n) is 3.74. The van der Waals surface area contributed by atoms with Crippen LogP contribution in [0.1, 0.15) is 32.1 Å². The molecular weight excluding hydrogens is 356 g/mol. The van der Waals surface area contributed by atoms with Crippen LogP contribution in [0.3, 0.4) is 0 Å². The van der Waals surface area contributed by atoms with Gasteiger partial charge in [0.05, 0.1) is 26.3 Å². The van der Waals surface area contributed by atoms with Crippen molar-refractivity contribution in [2.45, 2.75) is 32.9 Å².